The number of aromatic nitrogens is 4. The maximum atomic E-state index is 13.0. The topological polar surface area (TPSA) is 83.9 Å². The number of hydrogen-bond donors (Lipinski definition) is 1. The fourth-order valence-electron chi connectivity index (χ4n) is 4.17. The van der Waals surface area contributed by atoms with E-state index in [9.17, 15) is 9.59 Å². The van der Waals surface area contributed by atoms with Crippen molar-refractivity contribution in [3.8, 4) is 0 Å². The van der Waals surface area contributed by atoms with E-state index in [0.29, 0.717) is 22.4 Å². The molecule has 2 aromatic heterocycles. The maximum Gasteiger partial charge on any atom is 0.263 e. The lowest BCUT2D eigenvalue weighted by Crippen LogP contribution is -2.26. The molecule has 1 atom stereocenters. The lowest BCUT2D eigenvalue weighted by atomic mass is 9.99. The smallest absolute Gasteiger partial charge is 0.263 e. The van der Waals surface area contributed by atoms with Gasteiger partial charge in [-0.1, -0.05) is 53.7 Å². The van der Waals surface area contributed by atoms with E-state index in [-0.39, 0.29) is 17.9 Å². The third-order valence-electron chi connectivity index (χ3n) is 6.06. The quantitative estimate of drug-likeness (QED) is 0.476. The first-order chi connectivity index (χ1) is 15.5. The van der Waals surface area contributed by atoms with Crippen LogP contribution in [-0.2, 0) is 16.0 Å². The Kier molecular flexibility index (Phi) is 4.93. The zero-order valence-electron chi connectivity index (χ0n) is 17.9. The van der Waals surface area contributed by atoms with Crippen LogP contribution in [-0.4, -0.2) is 43.7 Å². The largest absolute Gasteiger partial charge is 0.361 e. The van der Waals surface area contributed by atoms with Gasteiger partial charge >= 0.3 is 0 Å². The van der Waals surface area contributed by atoms with Crippen molar-refractivity contribution in [3.05, 3.63) is 83.8 Å². The lowest BCUT2D eigenvalue weighted by molar-refractivity contribution is -0.134. The number of hydrogen-bond acceptors (Lipinski definition) is 4. The molecule has 1 unspecified atom stereocenters. The normalized spacial score (nSPS) is 15.2. The molecule has 2 aromatic carbocycles. The highest BCUT2D eigenvalue weighted by atomic mass is 16.2. The summed E-state index contributed by atoms with van der Waals surface area (Å²) in [5.74, 6) is -0.694. The van der Waals surface area contributed by atoms with E-state index in [4.69, 9.17) is 0 Å². The molecule has 0 saturated carbocycles. The molecule has 0 aliphatic carbocycles. The van der Waals surface area contributed by atoms with Crippen molar-refractivity contribution in [3.63, 3.8) is 0 Å². The van der Waals surface area contributed by atoms with Crippen LogP contribution < -0.4 is 0 Å². The molecule has 7 nitrogen and oxygen atoms in total. The van der Waals surface area contributed by atoms with Crippen molar-refractivity contribution >= 4 is 33.9 Å². The van der Waals surface area contributed by atoms with Gasteiger partial charge in [0, 0.05) is 29.7 Å². The predicted molar refractivity (Wildman–Crippen MR) is 122 cm³/mol. The highest BCUT2D eigenvalue weighted by molar-refractivity contribution is 6.49. The van der Waals surface area contributed by atoms with Crippen molar-refractivity contribution in [2.24, 2.45) is 0 Å². The molecule has 0 fully saturated rings. The highest BCUT2D eigenvalue weighted by Gasteiger charge is 2.39. The van der Waals surface area contributed by atoms with Gasteiger partial charge in [0.2, 0.25) is 0 Å². The molecule has 5 rings (SSSR count). The Morgan fingerprint density at radius 1 is 0.969 bits per heavy atom. The number of likely N-dealkylation sites (N-methyl/N-ethyl adjacent to an activating group) is 1. The number of H-pyrrole nitrogens is 1. The second-order valence-electron chi connectivity index (χ2n) is 8.12. The van der Waals surface area contributed by atoms with E-state index in [1.165, 1.54) is 12.6 Å². The number of nitrogens with one attached hydrogen (secondary N) is 1. The molecule has 32 heavy (non-hydrogen) atoms. The molecule has 1 aliphatic rings. The summed E-state index contributed by atoms with van der Waals surface area (Å²) in [5.41, 5.74) is 3.94. The molecule has 0 radical (unpaired) electrons. The molecule has 0 spiro atoms. The van der Waals surface area contributed by atoms with Gasteiger partial charge in [-0.15, -0.1) is 5.10 Å². The average Bonchev–Trinajstić information content (AvgIpc) is 3.52. The van der Waals surface area contributed by atoms with Crippen molar-refractivity contribution in [2.75, 3.05) is 7.05 Å². The molecule has 160 valence electrons. The number of aromatic amines is 1. The van der Waals surface area contributed by atoms with Crippen LogP contribution in [0.4, 0.5) is 0 Å². The van der Waals surface area contributed by atoms with Crippen LogP contribution in [0.1, 0.15) is 36.2 Å². The van der Waals surface area contributed by atoms with E-state index in [0.717, 1.165) is 28.6 Å². The van der Waals surface area contributed by atoms with Crippen molar-refractivity contribution in [1.82, 2.24) is 24.9 Å². The van der Waals surface area contributed by atoms with Gasteiger partial charge in [0.1, 0.15) is 5.69 Å². The number of nitrogens with zero attached hydrogens (tertiary/aromatic N) is 4. The number of fused-ring (bicyclic) bond motifs is 1. The van der Waals surface area contributed by atoms with E-state index < -0.39 is 0 Å². The minimum atomic E-state index is -0.362. The van der Waals surface area contributed by atoms with E-state index in [1.807, 2.05) is 42.5 Å². The van der Waals surface area contributed by atoms with Gasteiger partial charge in [0.15, 0.2) is 0 Å². The van der Waals surface area contributed by atoms with Gasteiger partial charge in [-0.3, -0.25) is 14.5 Å². The zero-order valence-corrected chi connectivity index (χ0v) is 17.9. The number of amides is 2. The first kappa shape index (κ1) is 19.9. The molecule has 0 bridgehead atoms. The first-order valence-corrected chi connectivity index (χ1v) is 10.6. The standard InChI is InChI=1S/C25H23N5O2/c1-16(12-13-17-8-4-3-5-9-17)30-15-21(27-28-30)23-22(24(31)29(2)25(23)32)19-14-26-20-11-7-6-10-18(19)20/h3-11,14-16,26H,12-13H2,1-2H3. The van der Waals surface area contributed by atoms with E-state index in [2.05, 4.69) is 34.4 Å². The van der Waals surface area contributed by atoms with Gasteiger partial charge in [0.05, 0.1) is 23.4 Å². The number of imide groups is 1. The Bertz CT molecular complexity index is 1350. The summed E-state index contributed by atoms with van der Waals surface area (Å²) in [5, 5.41) is 9.45. The Labute approximate surface area is 185 Å². The molecule has 7 heteroatoms. The molecule has 0 saturated heterocycles. The Balaban J connectivity index is 1.50. The van der Waals surface area contributed by atoms with Crippen LogP contribution in [0.5, 0.6) is 0 Å². The van der Waals surface area contributed by atoms with Gasteiger partial charge in [-0.05, 0) is 31.4 Å². The molecule has 1 N–H and O–H groups in total. The molecule has 3 heterocycles. The number of carbonyl (C=O) groups excluding carboxylic acids is 2. The molecular formula is C25H23N5O2. The number of aryl methyl sites for hydroxylation is 1. The highest BCUT2D eigenvalue weighted by Crippen LogP contribution is 2.37. The third-order valence-corrected chi connectivity index (χ3v) is 6.06. The molecule has 4 aromatic rings. The molecule has 1 aliphatic heterocycles. The summed E-state index contributed by atoms with van der Waals surface area (Å²) in [6, 6.07) is 18.1. The number of benzene rings is 2. The van der Waals surface area contributed by atoms with E-state index >= 15 is 0 Å². The Morgan fingerprint density at radius 3 is 2.50 bits per heavy atom. The van der Waals surface area contributed by atoms with Gasteiger partial charge < -0.3 is 4.98 Å². The number of carbonyl (C=O) groups is 2. The molecule has 2 amide bonds. The van der Waals surface area contributed by atoms with Gasteiger partial charge in [0.25, 0.3) is 11.8 Å². The van der Waals surface area contributed by atoms with Crippen LogP contribution in [0.15, 0.2) is 67.0 Å². The summed E-state index contributed by atoms with van der Waals surface area (Å²) in [4.78, 5) is 30.4. The van der Waals surface area contributed by atoms with Crippen LogP contribution in [0.25, 0.3) is 22.0 Å². The summed E-state index contributed by atoms with van der Waals surface area (Å²) < 4.78 is 1.77. The molecular weight excluding hydrogens is 402 g/mol. The van der Waals surface area contributed by atoms with Crippen molar-refractivity contribution in [1.29, 1.82) is 0 Å². The van der Waals surface area contributed by atoms with Gasteiger partial charge in [-0.25, -0.2) is 4.68 Å². The third kappa shape index (κ3) is 3.32. The summed E-state index contributed by atoms with van der Waals surface area (Å²) in [6.45, 7) is 2.07. The second kappa shape index (κ2) is 7.92. The second-order valence-corrected chi connectivity index (χ2v) is 8.12. The van der Waals surface area contributed by atoms with Crippen LogP contribution >= 0.6 is 0 Å². The lowest BCUT2D eigenvalue weighted by Gasteiger charge is -2.11. The first-order valence-electron chi connectivity index (χ1n) is 10.6. The zero-order chi connectivity index (χ0) is 22.2. The predicted octanol–water partition coefficient (Wildman–Crippen LogP) is 3.86. The van der Waals surface area contributed by atoms with Crippen LogP contribution in [0, 0.1) is 0 Å². The van der Waals surface area contributed by atoms with Gasteiger partial charge in [-0.2, -0.15) is 0 Å². The monoisotopic (exact) mass is 425 g/mol. The fraction of sp³-hybridized carbons (Fsp3) is 0.200. The van der Waals surface area contributed by atoms with Crippen molar-refractivity contribution in [2.45, 2.75) is 25.8 Å². The number of rotatable bonds is 6. The minimum Gasteiger partial charge on any atom is -0.361 e. The summed E-state index contributed by atoms with van der Waals surface area (Å²) in [6.07, 6.45) is 5.34. The average molecular weight is 425 g/mol. The van der Waals surface area contributed by atoms with Crippen LogP contribution in [0.3, 0.4) is 0 Å². The Hall–Kier alpha value is -4.00. The Morgan fingerprint density at radius 2 is 1.69 bits per heavy atom. The van der Waals surface area contributed by atoms with Crippen LogP contribution in [0.2, 0.25) is 0 Å². The van der Waals surface area contributed by atoms with E-state index in [1.54, 1.807) is 17.1 Å². The summed E-state index contributed by atoms with van der Waals surface area (Å²) >= 11 is 0. The summed E-state index contributed by atoms with van der Waals surface area (Å²) in [7, 11) is 1.50. The van der Waals surface area contributed by atoms with Crippen molar-refractivity contribution < 1.29 is 9.59 Å². The SMILES string of the molecule is CC(CCc1ccccc1)n1cc(C2=C(c3c[nH]c4ccccc34)C(=O)N(C)C2=O)nn1. The maximum absolute atomic E-state index is 13.0. The minimum absolute atomic E-state index is 0.0959. The fourth-order valence-corrected chi connectivity index (χ4v) is 4.17. The number of para-hydroxylation sites is 1.